The minimum Gasteiger partial charge on any atom is -0.493 e. The summed E-state index contributed by atoms with van der Waals surface area (Å²) in [5.41, 5.74) is 4.61. The molecule has 0 heterocycles. The van der Waals surface area contributed by atoms with Gasteiger partial charge in [0.15, 0.2) is 0 Å². The number of ether oxygens (including phenoxy) is 3. The van der Waals surface area contributed by atoms with E-state index in [-0.39, 0.29) is 0 Å². The van der Waals surface area contributed by atoms with Gasteiger partial charge in [0.2, 0.25) is 0 Å². The lowest BCUT2D eigenvalue weighted by atomic mass is 10.1. The van der Waals surface area contributed by atoms with Gasteiger partial charge in [-0.05, 0) is 74.4 Å². The minimum atomic E-state index is 0.590. The van der Waals surface area contributed by atoms with Crippen LogP contribution in [0, 0.1) is 13.8 Å². The van der Waals surface area contributed by atoms with Crippen LogP contribution in [0.2, 0.25) is 0 Å². The quantitative estimate of drug-likeness (QED) is 0.143. The molecule has 5 heteroatoms. The first-order chi connectivity index (χ1) is 15.6. The van der Waals surface area contributed by atoms with Crippen molar-refractivity contribution in [3.8, 4) is 11.5 Å². The first-order valence-corrected chi connectivity index (χ1v) is 11.3. The number of aryl methyl sites for hydroxylation is 2. The summed E-state index contributed by atoms with van der Waals surface area (Å²) in [6.45, 7) is 8.84. The number of oxime groups is 1. The molecule has 0 atom stereocenters. The van der Waals surface area contributed by atoms with Crippen molar-refractivity contribution in [2.45, 2.75) is 53.1 Å². The van der Waals surface area contributed by atoms with Crippen molar-refractivity contribution in [3.63, 3.8) is 0 Å². The second-order valence-electron chi connectivity index (χ2n) is 7.72. The summed E-state index contributed by atoms with van der Waals surface area (Å²) in [6.07, 6.45) is 9.64. The smallest absolute Gasteiger partial charge is 0.125 e. The van der Waals surface area contributed by atoms with Crippen LogP contribution in [-0.4, -0.2) is 33.1 Å². The van der Waals surface area contributed by atoms with Crippen LogP contribution in [-0.2, 0) is 22.6 Å². The van der Waals surface area contributed by atoms with Crippen LogP contribution in [0.1, 0.15) is 48.4 Å². The molecule has 0 aromatic heterocycles. The Bertz CT molecular complexity index is 820. The number of hydrogen-bond donors (Lipinski definition) is 0. The fraction of sp³-hybridized carbons (Fsp3) is 0.444. The van der Waals surface area contributed by atoms with E-state index in [1.807, 2.05) is 31.2 Å². The van der Waals surface area contributed by atoms with E-state index >= 15 is 0 Å². The average Bonchev–Trinajstić information content (AvgIpc) is 2.78. The van der Waals surface area contributed by atoms with Crippen molar-refractivity contribution < 1.29 is 19.0 Å². The molecule has 0 aliphatic heterocycles. The van der Waals surface area contributed by atoms with Crippen LogP contribution in [0.15, 0.2) is 53.7 Å². The lowest BCUT2D eigenvalue weighted by Gasteiger charge is -2.14. The standard InChI is InChI=1S/C27H37NO4/c1-5-6-17-31-26-19-22(2)27(23(3)20-26)32-18-9-7-8-16-30-21-25-12-10-24(11-13-25)14-15-28-29-4/h5-6,10-13,15,19-20H,7-9,14,16-18,21H2,1-4H3/b6-5+,28-15?. The Labute approximate surface area is 193 Å². The fourth-order valence-electron chi connectivity index (χ4n) is 3.30. The molecular formula is C27H37NO4. The van der Waals surface area contributed by atoms with Crippen molar-refractivity contribution in [2.75, 3.05) is 26.9 Å². The Kier molecular flexibility index (Phi) is 12.0. The molecule has 32 heavy (non-hydrogen) atoms. The van der Waals surface area contributed by atoms with E-state index in [4.69, 9.17) is 14.2 Å². The number of unbranched alkanes of at least 4 members (excludes halogenated alkanes) is 2. The summed E-state index contributed by atoms with van der Waals surface area (Å²) in [7, 11) is 1.55. The van der Waals surface area contributed by atoms with E-state index in [9.17, 15) is 0 Å². The maximum absolute atomic E-state index is 6.04. The minimum absolute atomic E-state index is 0.590. The highest BCUT2D eigenvalue weighted by Crippen LogP contribution is 2.28. The second-order valence-corrected chi connectivity index (χ2v) is 7.72. The summed E-state index contributed by atoms with van der Waals surface area (Å²) in [5, 5.41) is 3.76. The van der Waals surface area contributed by atoms with E-state index < -0.39 is 0 Å². The molecule has 0 bridgehead atoms. The van der Waals surface area contributed by atoms with Crippen LogP contribution >= 0.6 is 0 Å². The van der Waals surface area contributed by atoms with E-state index in [0.717, 1.165) is 54.9 Å². The van der Waals surface area contributed by atoms with Crippen molar-refractivity contribution >= 4 is 6.21 Å². The van der Waals surface area contributed by atoms with Crippen molar-refractivity contribution in [1.82, 2.24) is 0 Å². The molecule has 2 aromatic carbocycles. The molecule has 0 fully saturated rings. The summed E-state index contributed by atoms with van der Waals surface area (Å²) in [4.78, 5) is 4.68. The third-order valence-corrected chi connectivity index (χ3v) is 4.99. The van der Waals surface area contributed by atoms with Gasteiger partial charge in [0.25, 0.3) is 0 Å². The molecule has 2 aromatic rings. The summed E-state index contributed by atoms with van der Waals surface area (Å²) < 4.78 is 17.6. The Morgan fingerprint density at radius 1 is 0.875 bits per heavy atom. The van der Waals surface area contributed by atoms with Crippen molar-refractivity contribution in [1.29, 1.82) is 0 Å². The highest BCUT2D eigenvalue weighted by atomic mass is 16.6. The van der Waals surface area contributed by atoms with Crippen molar-refractivity contribution in [2.24, 2.45) is 5.16 Å². The van der Waals surface area contributed by atoms with E-state index in [0.29, 0.717) is 19.8 Å². The van der Waals surface area contributed by atoms with Gasteiger partial charge in [-0.3, -0.25) is 0 Å². The van der Waals surface area contributed by atoms with Gasteiger partial charge in [-0.15, -0.1) is 0 Å². The van der Waals surface area contributed by atoms with Crippen LogP contribution in [0.5, 0.6) is 11.5 Å². The molecule has 0 spiro atoms. The highest BCUT2D eigenvalue weighted by Gasteiger charge is 2.07. The lowest BCUT2D eigenvalue weighted by molar-refractivity contribution is 0.116. The van der Waals surface area contributed by atoms with E-state index in [1.165, 1.54) is 11.1 Å². The van der Waals surface area contributed by atoms with E-state index in [2.05, 4.69) is 48.1 Å². The maximum atomic E-state index is 6.04. The average molecular weight is 440 g/mol. The van der Waals surface area contributed by atoms with Gasteiger partial charge in [0.05, 0.1) is 13.2 Å². The largest absolute Gasteiger partial charge is 0.493 e. The van der Waals surface area contributed by atoms with Gasteiger partial charge < -0.3 is 19.0 Å². The van der Waals surface area contributed by atoms with Crippen LogP contribution in [0.4, 0.5) is 0 Å². The SMILES string of the molecule is C/C=C/COc1cc(C)c(OCCCCCOCc2ccc(CC=NOC)cc2)c(C)c1. The molecule has 174 valence electrons. The van der Waals surface area contributed by atoms with Crippen LogP contribution < -0.4 is 9.47 Å². The van der Waals surface area contributed by atoms with Gasteiger partial charge in [0.1, 0.15) is 25.2 Å². The maximum Gasteiger partial charge on any atom is 0.125 e. The Morgan fingerprint density at radius 3 is 2.25 bits per heavy atom. The molecule has 0 saturated carbocycles. The summed E-state index contributed by atoms with van der Waals surface area (Å²) in [6, 6.07) is 12.5. The first kappa shape index (κ1) is 25.5. The molecule has 0 N–H and O–H groups in total. The molecular weight excluding hydrogens is 402 g/mol. The topological polar surface area (TPSA) is 49.3 Å². The van der Waals surface area contributed by atoms with E-state index in [1.54, 1.807) is 13.3 Å². The summed E-state index contributed by atoms with van der Waals surface area (Å²) >= 11 is 0. The third-order valence-electron chi connectivity index (χ3n) is 4.99. The molecule has 0 aliphatic carbocycles. The lowest BCUT2D eigenvalue weighted by Crippen LogP contribution is -2.03. The number of benzene rings is 2. The second kappa shape index (κ2) is 15.1. The monoisotopic (exact) mass is 439 g/mol. The highest BCUT2D eigenvalue weighted by molar-refractivity contribution is 5.60. The zero-order valence-corrected chi connectivity index (χ0v) is 19.9. The zero-order chi connectivity index (χ0) is 23.0. The van der Waals surface area contributed by atoms with Crippen molar-refractivity contribution in [3.05, 3.63) is 70.8 Å². The normalized spacial score (nSPS) is 11.4. The molecule has 0 radical (unpaired) electrons. The van der Waals surface area contributed by atoms with Crippen LogP contribution in [0.25, 0.3) is 0 Å². The molecule has 0 unspecified atom stereocenters. The fourth-order valence-corrected chi connectivity index (χ4v) is 3.30. The van der Waals surface area contributed by atoms with Gasteiger partial charge in [-0.1, -0.05) is 41.6 Å². The van der Waals surface area contributed by atoms with Gasteiger partial charge >= 0.3 is 0 Å². The first-order valence-electron chi connectivity index (χ1n) is 11.3. The number of hydrogen-bond acceptors (Lipinski definition) is 5. The van der Waals surface area contributed by atoms with Crippen LogP contribution in [0.3, 0.4) is 0 Å². The predicted octanol–water partition coefficient (Wildman–Crippen LogP) is 6.20. The molecule has 0 aliphatic rings. The Balaban J connectivity index is 1.59. The predicted molar refractivity (Wildman–Crippen MR) is 131 cm³/mol. The molecule has 2 rings (SSSR count). The summed E-state index contributed by atoms with van der Waals surface area (Å²) in [5.74, 6) is 1.86. The molecule has 0 saturated heterocycles. The molecule has 0 amide bonds. The molecule has 5 nitrogen and oxygen atoms in total. The number of rotatable bonds is 15. The number of allylic oxidation sites excluding steroid dienone is 1. The Hall–Kier alpha value is -2.79. The Morgan fingerprint density at radius 2 is 1.56 bits per heavy atom. The number of nitrogens with zero attached hydrogens (tertiary/aromatic N) is 1. The zero-order valence-electron chi connectivity index (χ0n) is 19.9. The third kappa shape index (κ3) is 9.56. The van der Waals surface area contributed by atoms with Gasteiger partial charge in [0, 0.05) is 19.2 Å². The van der Waals surface area contributed by atoms with Gasteiger partial charge in [-0.2, -0.15) is 0 Å². The van der Waals surface area contributed by atoms with Gasteiger partial charge in [-0.25, -0.2) is 0 Å².